The zero-order chi connectivity index (χ0) is 23.0. The van der Waals surface area contributed by atoms with Gasteiger partial charge in [0, 0.05) is 26.1 Å². The van der Waals surface area contributed by atoms with E-state index in [4.69, 9.17) is 4.74 Å². The molecule has 0 radical (unpaired) electrons. The lowest BCUT2D eigenvalue weighted by Gasteiger charge is -2.35. The van der Waals surface area contributed by atoms with E-state index in [2.05, 4.69) is 15.5 Å². The highest BCUT2D eigenvalue weighted by atomic mass is 19.4. The Morgan fingerprint density at radius 1 is 1.00 bits per heavy atom. The smallest absolute Gasteiger partial charge is 0.379 e. The number of alkyl halides is 3. The molecule has 1 aromatic rings. The highest BCUT2D eigenvalue weighted by Crippen LogP contribution is 2.31. The van der Waals surface area contributed by atoms with Crippen molar-refractivity contribution in [1.82, 2.24) is 15.5 Å². The van der Waals surface area contributed by atoms with Crippen molar-refractivity contribution in [3.8, 4) is 0 Å². The second kappa shape index (κ2) is 11.7. The lowest BCUT2D eigenvalue weighted by Crippen LogP contribution is -2.45. The fourth-order valence-electron chi connectivity index (χ4n) is 4.42. The molecule has 1 heterocycles. The van der Waals surface area contributed by atoms with E-state index in [1.54, 1.807) is 0 Å². The zero-order valence-corrected chi connectivity index (χ0v) is 18.3. The number of carbonyl (C=O) groups is 2. The molecule has 1 saturated heterocycles. The van der Waals surface area contributed by atoms with E-state index in [0.717, 1.165) is 37.8 Å². The van der Waals surface area contributed by atoms with Gasteiger partial charge in [-0.05, 0) is 36.5 Å². The van der Waals surface area contributed by atoms with Crippen LogP contribution in [0.1, 0.15) is 55.7 Å². The van der Waals surface area contributed by atoms with E-state index in [-0.39, 0.29) is 30.9 Å². The Morgan fingerprint density at radius 3 is 2.28 bits per heavy atom. The summed E-state index contributed by atoms with van der Waals surface area (Å²) in [4.78, 5) is 26.5. The molecule has 0 aromatic heterocycles. The average molecular weight is 456 g/mol. The molecule has 1 unspecified atom stereocenters. The Labute approximate surface area is 186 Å². The predicted octanol–water partition coefficient (Wildman–Crippen LogP) is 3.28. The molecular weight excluding hydrogens is 423 g/mol. The number of morpholine rings is 1. The number of hydrogen-bond donors (Lipinski definition) is 2. The minimum Gasteiger partial charge on any atom is -0.379 e. The van der Waals surface area contributed by atoms with Crippen LogP contribution >= 0.6 is 0 Å². The topological polar surface area (TPSA) is 70.7 Å². The molecule has 2 aliphatic rings. The number of benzene rings is 1. The van der Waals surface area contributed by atoms with Crippen LogP contribution in [-0.2, 0) is 20.5 Å². The number of carbonyl (C=O) groups excluding carboxylic acids is 2. The van der Waals surface area contributed by atoms with Crippen molar-refractivity contribution < 1.29 is 27.5 Å². The number of halogens is 3. The average Bonchev–Trinajstić information content (AvgIpc) is 2.79. The van der Waals surface area contributed by atoms with Crippen LogP contribution < -0.4 is 10.6 Å². The molecule has 0 spiro atoms. The van der Waals surface area contributed by atoms with Gasteiger partial charge < -0.3 is 15.4 Å². The number of ether oxygens (including phenoxy) is 1. The molecule has 178 valence electrons. The van der Waals surface area contributed by atoms with Gasteiger partial charge in [0.1, 0.15) is 0 Å². The van der Waals surface area contributed by atoms with Crippen molar-refractivity contribution in [3.05, 3.63) is 35.4 Å². The Morgan fingerprint density at radius 2 is 1.66 bits per heavy atom. The van der Waals surface area contributed by atoms with E-state index in [1.807, 2.05) is 0 Å². The van der Waals surface area contributed by atoms with Gasteiger partial charge in [-0.3, -0.25) is 14.5 Å². The SMILES string of the molecule is O=C(CNC(=O)CC1CCCCC1)NCC(c1ccc(C(F)(F)F)cc1)N1CCOCC1. The van der Waals surface area contributed by atoms with Gasteiger partial charge in [-0.25, -0.2) is 0 Å². The molecule has 3 rings (SSSR count). The second-order valence-electron chi connectivity index (χ2n) is 8.57. The first-order valence-electron chi connectivity index (χ1n) is 11.4. The first-order valence-corrected chi connectivity index (χ1v) is 11.4. The van der Waals surface area contributed by atoms with E-state index in [9.17, 15) is 22.8 Å². The molecule has 1 saturated carbocycles. The molecule has 32 heavy (non-hydrogen) atoms. The van der Waals surface area contributed by atoms with Crippen LogP contribution in [0.3, 0.4) is 0 Å². The van der Waals surface area contributed by atoms with Gasteiger partial charge in [-0.2, -0.15) is 13.2 Å². The van der Waals surface area contributed by atoms with Gasteiger partial charge in [0.25, 0.3) is 0 Å². The normalized spacial score (nSPS) is 19.3. The van der Waals surface area contributed by atoms with Gasteiger partial charge in [0.05, 0.1) is 31.4 Å². The van der Waals surface area contributed by atoms with Crippen LogP contribution in [0, 0.1) is 5.92 Å². The number of nitrogens with one attached hydrogen (secondary N) is 2. The standard InChI is InChI=1S/C23H32F3N3O3/c24-23(25,26)19-8-6-18(7-9-19)20(29-10-12-32-13-11-29)15-27-22(31)16-28-21(30)14-17-4-2-1-3-5-17/h6-9,17,20H,1-5,10-16H2,(H,27,31)(H,28,30). The third-order valence-electron chi connectivity index (χ3n) is 6.25. The zero-order valence-electron chi connectivity index (χ0n) is 18.3. The summed E-state index contributed by atoms with van der Waals surface area (Å²) in [6, 6.07) is 4.77. The predicted molar refractivity (Wildman–Crippen MR) is 114 cm³/mol. The first kappa shape index (κ1) is 24.5. The summed E-state index contributed by atoms with van der Waals surface area (Å²) in [5.74, 6) is -0.0242. The minimum atomic E-state index is -4.39. The maximum atomic E-state index is 12.9. The van der Waals surface area contributed by atoms with Crippen LogP contribution in [0.4, 0.5) is 13.2 Å². The van der Waals surface area contributed by atoms with Crippen LogP contribution in [0.15, 0.2) is 24.3 Å². The molecule has 0 bridgehead atoms. The summed E-state index contributed by atoms with van der Waals surface area (Å²) in [6.45, 7) is 2.45. The summed E-state index contributed by atoms with van der Waals surface area (Å²) in [6.07, 6.45) is 1.73. The fourth-order valence-corrected chi connectivity index (χ4v) is 4.42. The van der Waals surface area contributed by atoms with Crippen molar-refractivity contribution in [2.45, 2.75) is 50.7 Å². The first-order chi connectivity index (χ1) is 15.3. The van der Waals surface area contributed by atoms with Crippen LogP contribution in [0.25, 0.3) is 0 Å². The number of amides is 2. The van der Waals surface area contributed by atoms with Crippen molar-refractivity contribution in [1.29, 1.82) is 0 Å². The second-order valence-corrected chi connectivity index (χ2v) is 8.57. The maximum absolute atomic E-state index is 12.9. The summed E-state index contributed by atoms with van der Waals surface area (Å²) < 4.78 is 44.1. The number of rotatable bonds is 8. The van der Waals surface area contributed by atoms with Gasteiger partial charge in [0.15, 0.2) is 0 Å². The summed E-state index contributed by atoms with van der Waals surface area (Å²) in [7, 11) is 0. The van der Waals surface area contributed by atoms with Gasteiger partial charge >= 0.3 is 6.18 Å². The van der Waals surface area contributed by atoms with Crippen LogP contribution in [0.2, 0.25) is 0 Å². The Hall–Kier alpha value is -2.13. The van der Waals surface area contributed by atoms with Crippen molar-refractivity contribution in [2.24, 2.45) is 5.92 Å². The van der Waals surface area contributed by atoms with E-state index in [0.29, 0.717) is 44.2 Å². The molecule has 2 fully saturated rings. The van der Waals surface area contributed by atoms with Gasteiger partial charge in [0.2, 0.25) is 11.8 Å². The summed E-state index contributed by atoms with van der Waals surface area (Å²) >= 11 is 0. The molecule has 9 heteroatoms. The molecule has 1 aromatic carbocycles. The van der Waals surface area contributed by atoms with Gasteiger partial charge in [-0.1, -0.05) is 31.4 Å². The third kappa shape index (κ3) is 7.48. The van der Waals surface area contributed by atoms with Gasteiger partial charge in [-0.15, -0.1) is 0 Å². The molecule has 6 nitrogen and oxygen atoms in total. The number of nitrogens with zero attached hydrogens (tertiary/aromatic N) is 1. The largest absolute Gasteiger partial charge is 0.416 e. The Balaban J connectivity index is 1.52. The van der Waals surface area contributed by atoms with E-state index < -0.39 is 11.7 Å². The minimum absolute atomic E-state index is 0.103. The van der Waals surface area contributed by atoms with E-state index >= 15 is 0 Å². The lowest BCUT2D eigenvalue weighted by molar-refractivity contribution is -0.137. The van der Waals surface area contributed by atoms with Crippen molar-refractivity contribution in [2.75, 3.05) is 39.4 Å². The molecule has 1 aliphatic carbocycles. The van der Waals surface area contributed by atoms with Crippen molar-refractivity contribution >= 4 is 11.8 Å². The van der Waals surface area contributed by atoms with Crippen LogP contribution in [0.5, 0.6) is 0 Å². The fraction of sp³-hybridized carbons (Fsp3) is 0.652. The highest BCUT2D eigenvalue weighted by molar-refractivity contribution is 5.84. The molecule has 1 atom stereocenters. The summed E-state index contributed by atoms with van der Waals surface area (Å²) in [5.41, 5.74) is -0.00627. The third-order valence-corrected chi connectivity index (χ3v) is 6.25. The van der Waals surface area contributed by atoms with Crippen LogP contribution in [-0.4, -0.2) is 56.1 Å². The lowest BCUT2D eigenvalue weighted by atomic mass is 9.87. The summed E-state index contributed by atoms with van der Waals surface area (Å²) in [5, 5.41) is 5.51. The monoisotopic (exact) mass is 455 g/mol. The molecular formula is C23H32F3N3O3. The quantitative estimate of drug-likeness (QED) is 0.631. The number of hydrogen-bond acceptors (Lipinski definition) is 4. The Bertz CT molecular complexity index is 743. The Kier molecular flexibility index (Phi) is 8.92. The maximum Gasteiger partial charge on any atom is 0.416 e. The molecule has 2 amide bonds. The molecule has 1 aliphatic heterocycles. The highest BCUT2D eigenvalue weighted by Gasteiger charge is 2.31. The van der Waals surface area contributed by atoms with Crippen molar-refractivity contribution in [3.63, 3.8) is 0 Å². The van der Waals surface area contributed by atoms with E-state index in [1.165, 1.54) is 18.6 Å². The molecule has 2 N–H and O–H groups in total.